The molecule has 1 aliphatic rings. The van der Waals surface area contributed by atoms with Crippen LogP contribution in [0.4, 0.5) is 5.69 Å². The van der Waals surface area contributed by atoms with E-state index in [1.165, 1.54) is 4.90 Å². The molecule has 0 bridgehead atoms. The lowest BCUT2D eigenvalue weighted by molar-refractivity contribution is -0.122. The zero-order chi connectivity index (χ0) is 22.1. The maximum atomic E-state index is 13.3. The molecule has 1 N–H and O–H groups in total. The Balaban J connectivity index is 1.74. The summed E-state index contributed by atoms with van der Waals surface area (Å²) in [5.74, 6) is -0.225. The summed E-state index contributed by atoms with van der Waals surface area (Å²) in [6.07, 6.45) is 3.45. The van der Waals surface area contributed by atoms with E-state index in [1.54, 1.807) is 13.2 Å². The van der Waals surface area contributed by atoms with Gasteiger partial charge in [0.15, 0.2) is 5.11 Å². The number of nitrogens with zero attached hydrogens (tertiary/aromatic N) is 2. The number of hydrogen-bond acceptors (Lipinski definition) is 4. The van der Waals surface area contributed by atoms with Crippen LogP contribution in [0.2, 0.25) is 0 Å². The molecule has 31 heavy (non-hydrogen) atoms. The second-order valence-corrected chi connectivity index (χ2v) is 7.64. The van der Waals surface area contributed by atoms with Crippen molar-refractivity contribution in [1.82, 2.24) is 9.88 Å². The van der Waals surface area contributed by atoms with Crippen LogP contribution in [0.1, 0.15) is 16.8 Å². The number of aromatic nitrogens is 1. The molecule has 156 valence electrons. The smallest absolute Gasteiger partial charge is 0.270 e. The van der Waals surface area contributed by atoms with Gasteiger partial charge >= 0.3 is 0 Å². The first-order valence-electron chi connectivity index (χ1n) is 9.69. The third-order valence-corrected chi connectivity index (χ3v) is 5.40. The van der Waals surface area contributed by atoms with Gasteiger partial charge in [0.25, 0.3) is 11.8 Å². The number of benzene rings is 2. The molecule has 2 aromatic carbocycles. The van der Waals surface area contributed by atoms with Crippen LogP contribution in [0.15, 0.2) is 66.4 Å². The number of anilines is 1. The van der Waals surface area contributed by atoms with Gasteiger partial charge in [-0.25, -0.2) is 0 Å². The minimum atomic E-state index is -0.515. The highest BCUT2D eigenvalue weighted by atomic mass is 32.1. The van der Waals surface area contributed by atoms with Crippen LogP contribution in [-0.2, 0) is 9.59 Å². The Morgan fingerprint density at radius 1 is 1.03 bits per heavy atom. The highest BCUT2D eigenvalue weighted by molar-refractivity contribution is 7.80. The normalized spacial score (nSPS) is 15.4. The molecule has 0 atom stereocenters. The fourth-order valence-electron chi connectivity index (χ4n) is 3.57. The van der Waals surface area contributed by atoms with Crippen LogP contribution in [0.3, 0.4) is 0 Å². The van der Waals surface area contributed by atoms with Gasteiger partial charge in [-0.2, -0.15) is 0 Å². The summed E-state index contributed by atoms with van der Waals surface area (Å²) in [5, 5.41) is 2.71. The molecule has 0 spiro atoms. The van der Waals surface area contributed by atoms with E-state index in [-0.39, 0.29) is 10.7 Å². The molecule has 7 heteroatoms. The molecule has 2 amide bonds. The maximum absolute atomic E-state index is 13.3. The third-order valence-electron chi connectivity index (χ3n) is 5.12. The topological polar surface area (TPSA) is 63.6 Å². The van der Waals surface area contributed by atoms with Crippen molar-refractivity contribution in [2.75, 3.05) is 12.0 Å². The lowest BCUT2D eigenvalue weighted by Crippen LogP contribution is -2.54. The van der Waals surface area contributed by atoms with Crippen LogP contribution >= 0.6 is 12.2 Å². The zero-order valence-electron chi connectivity index (χ0n) is 17.4. The molecular weight excluding hydrogens is 410 g/mol. The molecule has 2 heterocycles. The summed E-state index contributed by atoms with van der Waals surface area (Å²) in [6.45, 7) is 3.89. The Kier molecular flexibility index (Phi) is 5.44. The number of thiocarbonyl (C=S) groups is 1. The maximum Gasteiger partial charge on any atom is 0.270 e. The molecule has 1 fully saturated rings. The third kappa shape index (κ3) is 3.87. The first-order valence-corrected chi connectivity index (χ1v) is 10.1. The van der Waals surface area contributed by atoms with Gasteiger partial charge in [0.05, 0.1) is 12.8 Å². The van der Waals surface area contributed by atoms with Crippen LogP contribution < -0.4 is 15.0 Å². The number of ether oxygens (including phenoxy) is 1. The standard InChI is InChI=1S/C24H21N3O3S/c1-15-6-11-21(16(2)13-15)27-23(29)20(22(28)25-24(27)31)14-18-5-4-12-26(18)17-7-9-19(30-3)10-8-17/h4-14H,1-3H3,(H,25,28,31)/b20-14+. The van der Waals surface area contributed by atoms with Gasteiger partial charge in [0, 0.05) is 17.6 Å². The van der Waals surface area contributed by atoms with Crippen molar-refractivity contribution in [2.24, 2.45) is 0 Å². The largest absolute Gasteiger partial charge is 0.497 e. The molecule has 1 aromatic heterocycles. The van der Waals surface area contributed by atoms with Crippen LogP contribution in [0.25, 0.3) is 11.8 Å². The van der Waals surface area contributed by atoms with E-state index < -0.39 is 11.8 Å². The van der Waals surface area contributed by atoms with E-state index in [0.29, 0.717) is 11.4 Å². The first kappa shape index (κ1) is 20.6. The Morgan fingerprint density at radius 2 is 1.77 bits per heavy atom. The average molecular weight is 432 g/mol. The van der Waals surface area contributed by atoms with Crippen molar-refractivity contribution in [3.63, 3.8) is 0 Å². The fraction of sp³-hybridized carbons (Fsp3) is 0.125. The molecule has 1 saturated heterocycles. The number of amides is 2. The molecule has 0 saturated carbocycles. The predicted molar refractivity (Wildman–Crippen MR) is 124 cm³/mol. The summed E-state index contributed by atoms with van der Waals surface area (Å²) in [4.78, 5) is 27.3. The van der Waals surface area contributed by atoms with Crippen molar-refractivity contribution in [1.29, 1.82) is 0 Å². The molecule has 3 aromatic rings. The minimum absolute atomic E-state index is 0.0158. The SMILES string of the molecule is COc1ccc(-n2cccc2/C=C2\C(=O)NC(=S)N(c3ccc(C)cc3C)C2=O)cc1. The van der Waals surface area contributed by atoms with E-state index in [0.717, 1.165) is 22.6 Å². The monoisotopic (exact) mass is 431 g/mol. The average Bonchev–Trinajstić information content (AvgIpc) is 3.21. The first-order chi connectivity index (χ1) is 14.9. The van der Waals surface area contributed by atoms with Crippen LogP contribution in [-0.4, -0.2) is 28.6 Å². The number of methoxy groups -OCH3 is 1. The van der Waals surface area contributed by atoms with E-state index >= 15 is 0 Å². The van der Waals surface area contributed by atoms with Crippen molar-refractivity contribution in [2.45, 2.75) is 13.8 Å². The number of hydrogen-bond donors (Lipinski definition) is 1. The Hall–Kier alpha value is -3.71. The summed E-state index contributed by atoms with van der Waals surface area (Å²) < 4.78 is 7.10. The summed E-state index contributed by atoms with van der Waals surface area (Å²) >= 11 is 5.31. The lowest BCUT2D eigenvalue weighted by atomic mass is 10.1. The van der Waals surface area contributed by atoms with E-state index in [1.807, 2.05) is 79.2 Å². The highest BCUT2D eigenvalue weighted by Gasteiger charge is 2.35. The van der Waals surface area contributed by atoms with Gasteiger partial charge < -0.3 is 9.30 Å². The predicted octanol–water partition coefficient (Wildman–Crippen LogP) is 3.93. The molecule has 1 aliphatic heterocycles. The second kappa shape index (κ2) is 8.20. The van der Waals surface area contributed by atoms with E-state index in [4.69, 9.17) is 17.0 Å². The fourth-order valence-corrected chi connectivity index (χ4v) is 3.84. The Morgan fingerprint density at radius 3 is 2.45 bits per heavy atom. The number of rotatable bonds is 4. The van der Waals surface area contributed by atoms with Crippen LogP contribution in [0, 0.1) is 13.8 Å². The zero-order valence-corrected chi connectivity index (χ0v) is 18.2. The molecule has 6 nitrogen and oxygen atoms in total. The van der Waals surface area contributed by atoms with Gasteiger partial charge in [-0.1, -0.05) is 17.7 Å². The number of carbonyl (C=O) groups is 2. The number of nitrogens with one attached hydrogen (secondary N) is 1. The Labute approximate surface area is 185 Å². The number of aryl methyl sites for hydroxylation is 2. The molecular formula is C24H21N3O3S. The molecule has 4 rings (SSSR count). The van der Waals surface area contributed by atoms with Gasteiger partial charge in [0.1, 0.15) is 11.3 Å². The van der Waals surface area contributed by atoms with Gasteiger partial charge in [-0.3, -0.25) is 19.8 Å². The van der Waals surface area contributed by atoms with Crippen molar-refractivity contribution in [3.05, 3.63) is 83.2 Å². The lowest BCUT2D eigenvalue weighted by Gasteiger charge is -2.30. The summed E-state index contributed by atoms with van der Waals surface area (Å²) in [5.41, 5.74) is 4.21. The minimum Gasteiger partial charge on any atom is -0.497 e. The van der Waals surface area contributed by atoms with E-state index in [9.17, 15) is 9.59 Å². The Bertz CT molecular complexity index is 1230. The summed E-state index contributed by atoms with van der Waals surface area (Å²) in [6, 6.07) is 16.9. The van der Waals surface area contributed by atoms with Crippen molar-refractivity contribution < 1.29 is 14.3 Å². The number of carbonyl (C=O) groups excluding carboxylic acids is 2. The van der Waals surface area contributed by atoms with Gasteiger partial charge in [0.2, 0.25) is 0 Å². The molecule has 0 aliphatic carbocycles. The quantitative estimate of drug-likeness (QED) is 0.386. The van der Waals surface area contributed by atoms with Gasteiger partial charge in [-0.15, -0.1) is 0 Å². The highest BCUT2D eigenvalue weighted by Crippen LogP contribution is 2.27. The van der Waals surface area contributed by atoms with E-state index in [2.05, 4.69) is 5.32 Å². The molecule has 0 unspecified atom stereocenters. The van der Waals surface area contributed by atoms with Gasteiger partial charge in [-0.05, 0) is 80.2 Å². The molecule has 0 radical (unpaired) electrons. The van der Waals surface area contributed by atoms with Crippen molar-refractivity contribution in [3.8, 4) is 11.4 Å². The summed E-state index contributed by atoms with van der Waals surface area (Å²) in [7, 11) is 1.61. The van der Waals surface area contributed by atoms with Crippen LogP contribution in [0.5, 0.6) is 5.75 Å². The van der Waals surface area contributed by atoms with Crippen molar-refractivity contribution >= 4 is 40.9 Å². The second-order valence-electron chi connectivity index (χ2n) is 7.25.